The monoisotopic (exact) mass is 268 g/mol. The zero-order chi connectivity index (χ0) is 14.8. The number of hydrogen-bond acceptors (Lipinski definition) is 2. The lowest BCUT2D eigenvalue weighted by molar-refractivity contribution is 0.119. The number of piperazine rings is 1. The molecule has 1 saturated heterocycles. The van der Waals surface area contributed by atoms with Crippen molar-refractivity contribution in [3.05, 3.63) is 36.3 Å². The van der Waals surface area contributed by atoms with Gasteiger partial charge in [-0.3, -0.25) is 4.90 Å². The van der Waals surface area contributed by atoms with Crippen molar-refractivity contribution in [2.45, 2.75) is 40.2 Å². The van der Waals surface area contributed by atoms with Crippen LogP contribution >= 0.6 is 0 Å². The summed E-state index contributed by atoms with van der Waals surface area (Å²) < 4.78 is 12.7. The summed E-state index contributed by atoms with van der Waals surface area (Å²) in [5.74, 6) is -0.175. The Balaban J connectivity index is 0.00000154. The molecule has 0 aromatic rings. The Hall–Kier alpha value is -1.09. The normalized spacial score (nSPS) is 21.8. The van der Waals surface area contributed by atoms with Crippen molar-refractivity contribution in [1.29, 1.82) is 0 Å². The van der Waals surface area contributed by atoms with E-state index in [2.05, 4.69) is 30.4 Å². The first-order chi connectivity index (χ1) is 9.08. The Labute approximate surface area is 118 Å². The summed E-state index contributed by atoms with van der Waals surface area (Å²) in [5.41, 5.74) is 1.01. The first-order valence-corrected chi connectivity index (χ1v) is 7.20. The lowest BCUT2D eigenvalue weighted by Gasteiger charge is -2.40. The van der Waals surface area contributed by atoms with Crippen molar-refractivity contribution in [1.82, 2.24) is 9.80 Å². The first kappa shape index (κ1) is 17.9. The van der Waals surface area contributed by atoms with Gasteiger partial charge in [0.1, 0.15) is 0 Å². The maximum Gasteiger partial charge on any atom is 0.0969 e. The van der Waals surface area contributed by atoms with E-state index in [1.165, 1.54) is 13.0 Å². The molecule has 0 aliphatic carbocycles. The molecule has 19 heavy (non-hydrogen) atoms. The number of hydrogen-bond donors (Lipinski definition) is 0. The minimum atomic E-state index is -0.175. The van der Waals surface area contributed by atoms with Crippen LogP contribution < -0.4 is 0 Å². The highest BCUT2D eigenvalue weighted by Crippen LogP contribution is 2.16. The molecule has 0 saturated carbocycles. The van der Waals surface area contributed by atoms with E-state index >= 15 is 0 Å². The van der Waals surface area contributed by atoms with Crippen LogP contribution in [0.1, 0.15) is 34.1 Å². The van der Waals surface area contributed by atoms with E-state index in [9.17, 15) is 4.39 Å². The van der Waals surface area contributed by atoms with Gasteiger partial charge in [0, 0.05) is 31.4 Å². The summed E-state index contributed by atoms with van der Waals surface area (Å²) in [4.78, 5) is 4.66. The van der Waals surface area contributed by atoms with Crippen LogP contribution in [0.4, 0.5) is 4.39 Å². The van der Waals surface area contributed by atoms with Crippen LogP contribution in [0.15, 0.2) is 36.3 Å². The molecule has 1 atom stereocenters. The van der Waals surface area contributed by atoms with Crippen LogP contribution in [0, 0.1) is 0 Å². The Morgan fingerprint density at radius 3 is 2.42 bits per heavy atom. The lowest BCUT2D eigenvalue weighted by Crippen LogP contribution is -2.50. The molecule has 0 aromatic carbocycles. The summed E-state index contributed by atoms with van der Waals surface area (Å²) in [5, 5.41) is 0. The molecule has 1 heterocycles. The summed E-state index contributed by atoms with van der Waals surface area (Å²) in [6.45, 7) is 14.5. The van der Waals surface area contributed by atoms with Crippen LogP contribution in [0.25, 0.3) is 0 Å². The number of likely N-dealkylation sites (N-methyl/N-ethyl adjacent to an activating group) is 1. The summed E-state index contributed by atoms with van der Waals surface area (Å²) in [6, 6.07) is 0.572. The molecule has 0 N–H and O–H groups in total. The maximum absolute atomic E-state index is 12.7. The zero-order valence-electron chi connectivity index (χ0n) is 13.1. The third kappa shape index (κ3) is 6.06. The van der Waals surface area contributed by atoms with Crippen LogP contribution in [0.5, 0.6) is 0 Å². The fourth-order valence-corrected chi connectivity index (χ4v) is 2.12. The molecule has 1 aliphatic rings. The fourth-order valence-electron chi connectivity index (χ4n) is 2.12. The topological polar surface area (TPSA) is 6.48 Å². The Kier molecular flexibility index (Phi) is 9.23. The van der Waals surface area contributed by atoms with Gasteiger partial charge in [0.25, 0.3) is 0 Å². The second-order valence-corrected chi connectivity index (χ2v) is 4.54. The highest BCUT2D eigenvalue weighted by atomic mass is 19.1. The molecule has 110 valence electrons. The average molecular weight is 268 g/mol. The molecular weight excluding hydrogens is 239 g/mol. The summed E-state index contributed by atoms with van der Waals surface area (Å²) in [7, 11) is 2.16. The lowest BCUT2D eigenvalue weighted by atomic mass is 10.1. The molecule has 1 fully saturated rings. The van der Waals surface area contributed by atoms with Crippen LogP contribution in [0.2, 0.25) is 0 Å². The smallest absolute Gasteiger partial charge is 0.0969 e. The second kappa shape index (κ2) is 9.79. The fraction of sp³-hybridized carbons (Fsp3) is 0.625. The predicted octanol–water partition coefficient (Wildman–Crippen LogP) is 3.98. The van der Waals surface area contributed by atoms with Gasteiger partial charge >= 0.3 is 0 Å². The number of allylic oxidation sites excluding steroid dienone is 4. The van der Waals surface area contributed by atoms with Crippen LogP contribution in [-0.4, -0.2) is 42.5 Å². The third-order valence-corrected chi connectivity index (χ3v) is 3.31. The maximum atomic E-state index is 12.7. The largest absolute Gasteiger partial charge is 0.369 e. The van der Waals surface area contributed by atoms with E-state index in [0.29, 0.717) is 6.04 Å². The van der Waals surface area contributed by atoms with Gasteiger partial charge in [0.15, 0.2) is 0 Å². The van der Waals surface area contributed by atoms with Gasteiger partial charge in [-0.05, 0) is 38.6 Å². The molecule has 0 spiro atoms. The minimum absolute atomic E-state index is 0.175. The van der Waals surface area contributed by atoms with E-state index in [-0.39, 0.29) is 5.83 Å². The molecular formula is C16H29FN2. The van der Waals surface area contributed by atoms with Crippen molar-refractivity contribution in [3.63, 3.8) is 0 Å². The molecule has 3 heteroatoms. The number of halogens is 1. The van der Waals surface area contributed by atoms with E-state index in [1.807, 2.05) is 13.8 Å². The standard InChI is InChI=1S/C14H23FN2.C2H6/c1-5-13(8-7-12(3)15)17-10-9-16(4)14(6-2)11-17;1-2/h5,7-8,14H,1,6,9-11H2,2-4H3;1-2H3/b12-7+,13-8+;. The van der Waals surface area contributed by atoms with Crippen molar-refractivity contribution in [2.24, 2.45) is 0 Å². The average Bonchev–Trinajstić information content (AvgIpc) is 2.43. The van der Waals surface area contributed by atoms with Gasteiger partial charge in [-0.1, -0.05) is 27.4 Å². The number of rotatable bonds is 4. The molecule has 1 aliphatic heterocycles. The second-order valence-electron chi connectivity index (χ2n) is 4.54. The Bertz CT molecular complexity index is 317. The highest BCUT2D eigenvalue weighted by Gasteiger charge is 2.22. The molecule has 0 aromatic heterocycles. The third-order valence-electron chi connectivity index (χ3n) is 3.31. The molecule has 0 bridgehead atoms. The Morgan fingerprint density at radius 1 is 1.32 bits per heavy atom. The minimum Gasteiger partial charge on any atom is -0.369 e. The van der Waals surface area contributed by atoms with Gasteiger partial charge in [-0.25, -0.2) is 4.39 Å². The van der Waals surface area contributed by atoms with Crippen LogP contribution in [0.3, 0.4) is 0 Å². The zero-order valence-corrected chi connectivity index (χ0v) is 13.1. The highest BCUT2D eigenvalue weighted by molar-refractivity contribution is 5.22. The van der Waals surface area contributed by atoms with E-state index in [4.69, 9.17) is 0 Å². The molecule has 1 rings (SSSR count). The van der Waals surface area contributed by atoms with E-state index < -0.39 is 0 Å². The van der Waals surface area contributed by atoms with Crippen LogP contribution in [-0.2, 0) is 0 Å². The van der Waals surface area contributed by atoms with E-state index in [1.54, 1.807) is 12.2 Å². The molecule has 0 radical (unpaired) electrons. The predicted molar refractivity (Wildman–Crippen MR) is 82.8 cm³/mol. The Morgan fingerprint density at radius 2 is 1.95 bits per heavy atom. The van der Waals surface area contributed by atoms with Gasteiger partial charge in [0.05, 0.1) is 5.83 Å². The SMILES string of the molecule is C=C/C(=C\C=C(/C)F)N1CCN(C)C(CC)C1.CC. The van der Waals surface area contributed by atoms with E-state index in [0.717, 1.165) is 31.8 Å². The molecule has 0 amide bonds. The van der Waals surface area contributed by atoms with Gasteiger partial charge in [0.2, 0.25) is 0 Å². The number of nitrogens with zero attached hydrogens (tertiary/aromatic N) is 2. The molecule has 2 nitrogen and oxygen atoms in total. The van der Waals surface area contributed by atoms with Crippen molar-refractivity contribution >= 4 is 0 Å². The summed E-state index contributed by atoms with van der Waals surface area (Å²) in [6.07, 6.45) is 6.24. The van der Waals surface area contributed by atoms with Crippen molar-refractivity contribution in [2.75, 3.05) is 26.7 Å². The molecule has 1 unspecified atom stereocenters. The van der Waals surface area contributed by atoms with Gasteiger partial charge in [-0.2, -0.15) is 0 Å². The quantitative estimate of drug-likeness (QED) is 0.712. The van der Waals surface area contributed by atoms with Crippen molar-refractivity contribution in [3.8, 4) is 0 Å². The van der Waals surface area contributed by atoms with Gasteiger partial charge in [-0.15, -0.1) is 0 Å². The summed E-state index contributed by atoms with van der Waals surface area (Å²) >= 11 is 0. The van der Waals surface area contributed by atoms with Crippen molar-refractivity contribution < 1.29 is 4.39 Å². The van der Waals surface area contributed by atoms with Gasteiger partial charge < -0.3 is 4.90 Å². The first-order valence-electron chi connectivity index (χ1n) is 7.20.